The monoisotopic (exact) mass is 337 g/mol. The molecule has 1 saturated heterocycles. The molecule has 0 bridgehead atoms. The van der Waals surface area contributed by atoms with E-state index in [0.29, 0.717) is 18.8 Å². The van der Waals surface area contributed by atoms with Gasteiger partial charge in [0.1, 0.15) is 12.0 Å². The second-order valence-corrected chi connectivity index (χ2v) is 5.92. The summed E-state index contributed by atoms with van der Waals surface area (Å²) in [5, 5.41) is 0. The van der Waals surface area contributed by atoms with Crippen LogP contribution in [0.4, 0.5) is 13.2 Å². The summed E-state index contributed by atoms with van der Waals surface area (Å²) in [4.78, 5) is 18.3. The predicted molar refractivity (Wildman–Crippen MR) is 82.9 cm³/mol. The van der Waals surface area contributed by atoms with Crippen LogP contribution in [-0.2, 0) is 6.18 Å². The van der Waals surface area contributed by atoms with Crippen LogP contribution in [0, 0.1) is 0 Å². The number of nitrogens with zero attached hydrogens (tertiary/aromatic N) is 3. The Kier molecular flexibility index (Phi) is 4.59. The van der Waals surface area contributed by atoms with Crippen molar-refractivity contribution in [3.63, 3.8) is 0 Å². The molecule has 1 aromatic carbocycles. The molecule has 1 aliphatic heterocycles. The van der Waals surface area contributed by atoms with Gasteiger partial charge in [-0.3, -0.25) is 4.79 Å². The molecule has 3 rings (SSSR count). The first kappa shape index (κ1) is 16.5. The normalized spacial score (nSPS) is 16.0. The van der Waals surface area contributed by atoms with Crippen molar-refractivity contribution in [3.8, 4) is 5.69 Å². The molecule has 2 heterocycles. The van der Waals surface area contributed by atoms with Gasteiger partial charge in [-0.1, -0.05) is 18.9 Å². The molecule has 0 aliphatic carbocycles. The van der Waals surface area contributed by atoms with Gasteiger partial charge in [-0.2, -0.15) is 13.2 Å². The fourth-order valence-corrected chi connectivity index (χ4v) is 2.85. The minimum atomic E-state index is -4.40. The maximum absolute atomic E-state index is 12.8. The van der Waals surface area contributed by atoms with Crippen LogP contribution in [0.2, 0.25) is 0 Å². The number of aromatic nitrogens is 2. The summed E-state index contributed by atoms with van der Waals surface area (Å²) in [6, 6.07) is 4.96. The van der Waals surface area contributed by atoms with E-state index in [9.17, 15) is 18.0 Å². The zero-order valence-electron chi connectivity index (χ0n) is 13.1. The second kappa shape index (κ2) is 6.67. The van der Waals surface area contributed by atoms with Crippen LogP contribution in [-0.4, -0.2) is 33.4 Å². The topological polar surface area (TPSA) is 38.1 Å². The van der Waals surface area contributed by atoms with Crippen LogP contribution in [0.25, 0.3) is 5.69 Å². The van der Waals surface area contributed by atoms with E-state index >= 15 is 0 Å². The lowest BCUT2D eigenvalue weighted by Gasteiger charge is -2.18. The number of rotatable bonds is 2. The summed E-state index contributed by atoms with van der Waals surface area (Å²) >= 11 is 0. The molecule has 2 aromatic rings. The molecule has 1 aliphatic rings. The molecule has 24 heavy (non-hydrogen) atoms. The number of amides is 1. The third kappa shape index (κ3) is 3.60. The highest BCUT2D eigenvalue weighted by Gasteiger charge is 2.30. The Bertz CT molecular complexity index is 716. The van der Waals surface area contributed by atoms with Gasteiger partial charge in [0.25, 0.3) is 5.91 Å². The molecule has 4 nitrogen and oxygen atoms in total. The number of hydrogen-bond acceptors (Lipinski definition) is 2. The highest BCUT2D eigenvalue weighted by Crippen LogP contribution is 2.30. The van der Waals surface area contributed by atoms with Crippen molar-refractivity contribution >= 4 is 5.91 Å². The fraction of sp³-hybridized carbons (Fsp3) is 0.412. The fourth-order valence-electron chi connectivity index (χ4n) is 2.85. The van der Waals surface area contributed by atoms with Crippen LogP contribution in [0.5, 0.6) is 0 Å². The molecule has 0 saturated carbocycles. The lowest BCUT2D eigenvalue weighted by atomic mass is 10.2. The Morgan fingerprint density at radius 1 is 1.08 bits per heavy atom. The van der Waals surface area contributed by atoms with Crippen molar-refractivity contribution in [2.24, 2.45) is 0 Å². The summed E-state index contributed by atoms with van der Waals surface area (Å²) in [5.74, 6) is -0.164. The summed E-state index contributed by atoms with van der Waals surface area (Å²) in [7, 11) is 0. The zero-order valence-corrected chi connectivity index (χ0v) is 13.1. The van der Waals surface area contributed by atoms with E-state index < -0.39 is 11.7 Å². The van der Waals surface area contributed by atoms with E-state index in [1.807, 2.05) is 0 Å². The van der Waals surface area contributed by atoms with Crippen molar-refractivity contribution in [2.45, 2.75) is 31.9 Å². The van der Waals surface area contributed by atoms with Gasteiger partial charge in [0.15, 0.2) is 0 Å². The van der Waals surface area contributed by atoms with E-state index in [-0.39, 0.29) is 11.6 Å². The summed E-state index contributed by atoms with van der Waals surface area (Å²) in [5.41, 5.74) is -0.143. The first-order valence-corrected chi connectivity index (χ1v) is 7.96. The molecule has 1 amide bonds. The molecule has 0 radical (unpaired) electrons. The van der Waals surface area contributed by atoms with E-state index in [0.717, 1.165) is 37.8 Å². The molecule has 0 N–H and O–H groups in total. The summed E-state index contributed by atoms with van der Waals surface area (Å²) in [6.07, 6.45) is 2.63. The average Bonchev–Trinajstić information content (AvgIpc) is 2.89. The SMILES string of the molecule is O=C(c1cn(-c2cccc(C(F)(F)F)c2)cn1)N1CCCCCC1. The van der Waals surface area contributed by atoms with Crippen molar-refractivity contribution in [1.29, 1.82) is 0 Å². The number of carbonyl (C=O) groups is 1. The Balaban J connectivity index is 1.81. The Labute approximate surface area is 137 Å². The minimum Gasteiger partial charge on any atom is -0.337 e. The maximum Gasteiger partial charge on any atom is 0.416 e. The Morgan fingerprint density at radius 2 is 1.79 bits per heavy atom. The lowest BCUT2D eigenvalue weighted by Crippen LogP contribution is -2.32. The van der Waals surface area contributed by atoms with E-state index in [4.69, 9.17) is 0 Å². The summed E-state index contributed by atoms with van der Waals surface area (Å²) < 4.78 is 39.9. The number of hydrogen-bond donors (Lipinski definition) is 0. The van der Waals surface area contributed by atoms with E-state index in [1.54, 1.807) is 11.0 Å². The smallest absolute Gasteiger partial charge is 0.337 e. The molecule has 7 heteroatoms. The van der Waals surface area contributed by atoms with Gasteiger partial charge in [-0.15, -0.1) is 0 Å². The second-order valence-electron chi connectivity index (χ2n) is 5.92. The first-order chi connectivity index (χ1) is 11.4. The van der Waals surface area contributed by atoms with Crippen molar-refractivity contribution in [3.05, 3.63) is 48.0 Å². The molecule has 0 atom stereocenters. The number of alkyl halides is 3. The average molecular weight is 337 g/mol. The van der Waals surface area contributed by atoms with Crippen molar-refractivity contribution < 1.29 is 18.0 Å². The minimum absolute atomic E-state index is 0.164. The number of likely N-dealkylation sites (tertiary alicyclic amines) is 1. The van der Waals surface area contributed by atoms with Gasteiger partial charge in [-0.25, -0.2) is 4.98 Å². The molecule has 0 unspecified atom stereocenters. The van der Waals surface area contributed by atoms with Gasteiger partial charge < -0.3 is 9.47 Å². The highest BCUT2D eigenvalue weighted by molar-refractivity contribution is 5.92. The molecule has 1 aromatic heterocycles. The van der Waals surface area contributed by atoms with Crippen molar-refractivity contribution in [1.82, 2.24) is 14.5 Å². The standard InChI is InChI=1S/C17H18F3N3O/c18-17(19,20)13-6-5-7-14(10-13)23-11-15(21-12-23)16(24)22-8-3-1-2-4-9-22/h5-7,10-12H,1-4,8-9H2. The van der Waals surface area contributed by atoms with Gasteiger partial charge in [0.05, 0.1) is 5.56 Å². The molecule has 128 valence electrons. The third-order valence-electron chi connectivity index (χ3n) is 4.17. The summed E-state index contributed by atoms with van der Waals surface area (Å²) in [6.45, 7) is 1.41. The van der Waals surface area contributed by atoms with Gasteiger partial charge >= 0.3 is 6.18 Å². The van der Waals surface area contributed by atoms with E-state index in [1.165, 1.54) is 23.2 Å². The Hall–Kier alpha value is -2.31. The van der Waals surface area contributed by atoms with Crippen LogP contribution in [0.3, 0.4) is 0 Å². The van der Waals surface area contributed by atoms with Crippen molar-refractivity contribution in [2.75, 3.05) is 13.1 Å². The Morgan fingerprint density at radius 3 is 2.46 bits per heavy atom. The van der Waals surface area contributed by atoms with Gasteiger partial charge in [0, 0.05) is 25.0 Å². The number of imidazole rings is 1. The highest BCUT2D eigenvalue weighted by atomic mass is 19.4. The lowest BCUT2D eigenvalue weighted by molar-refractivity contribution is -0.137. The third-order valence-corrected chi connectivity index (χ3v) is 4.17. The number of halogens is 3. The molecular formula is C17H18F3N3O. The zero-order chi connectivity index (χ0) is 17.2. The van der Waals surface area contributed by atoms with Crippen LogP contribution in [0.15, 0.2) is 36.8 Å². The number of carbonyl (C=O) groups excluding carboxylic acids is 1. The molecular weight excluding hydrogens is 319 g/mol. The van der Waals surface area contributed by atoms with Crippen LogP contribution in [0.1, 0.15) is 41.7 Å². The molecule has 1 fully saturated rings. The largest absolute Gasteiger partial charge is 0.416 e. The van der Waals surface area contributed by atoms with Gasteiger partial charge in [-0.05, 0) is 31.0 Å². The predicted octanol–water partition coefficient (Wildman–Crippen LogP) is 3.91. The quantitative estimate of drug-likeness (QED) is 0.833. The van der Waals surface area contributed by atoms with Gasteiger partial charge in [0.2, 0.25) is 0 Å². The number of benzene rings is 1. The van der Waals surface area contributed by atoms with E-state index in [2.05, 4.69) is 4.98 Å². The molecule has 0 spiro atoms. The van der Waals surface area contributed by atoms with Crippen LogP contribution < -0.4 is 0 Å². The first-order valence-electron chi connectivity index (χ1n) is 7.96. The maximum atomic E-state index is 12.8. The van der Waals surface area contributed by atoms with Crippen LogP contribution >= 0.6 is 0 Å².